The molecule has 1 unspecified atom stereocenters. The normalized spacial score (nSPS) is 28.4. The van der Waals surface area contributed by atoms with E-state index in [-0.39, 0.29) is 0 Å². The zero-order valence-electron chi connectivity index (χ0n) is 9.58. The first kappa shape index (κ1) is 10.2. The topological polar surface area (TPSA) is 37.0 Å². The maximum absolute atomic E-state index is 4.12. The second-order valence-corrected chi connectivity index (χ2v) is 5.08. The van der Waals surface area contributed by atoms with E-state index in [9.17, 15) is 0 Å². The lowest BCUT2D eigenvalue weighted by molar-refractivity contribution is 0.201. The van der Waals surface area contributed by atoms with E-state index in [1.54, 1.807) is 0 Å². The van der Waals surface area contributed by atoms with E-state index in [2.05, 4.69) is 27.8 Å². The van der Waals surface area contributed by atoms with E-state index in [1.165, 1.54) is 38.0 Å². The van der Waals surface area contributed by atoms with Crippen LogP contribution in [0.4, 0.5) is 0 Å². The van der Waals surface area contributed by atoms with Crippen LogP contribution in [-0.4, -0.2) is 31.2 Å². The fourth-order valence-electron chi connectivity index (χ4n) is 3.32. The lowest BCUT2D eigenvalue weighted by Gasteiger charge is -2.38. The first-order valence-electron chi connectivity index (χ1n) is 6.22. The summed E-state index contributed by atoms with van der Waals surface area (Å²) < 4.78 is 0. The van der Waals surface area contributed by atoms with Crippen molar-refractivity contribution in [3.63, 3.8) is 0 Å². The minimum Gasteiger partial charge on any atom is -0.317 e. The molecule has 0 aliphatic carbocycles. The summed E-state index contributed by atoms with van der Waals surface area (Å²) in [5.74, 6) is 0.678. The van der Waals surface area contributed by atoms with Crippen LogP contribution in [0.25, 0.3) is 0 Å². The number of aromatic nitrogens is 1. The molecule has 1 aromatic rings. The fraction of sp³-hybridized carbons (Fsp3) is 0.615. The highest BCUT2D eigenvalue weighted by Gasteiger charge is 2.43. The average Bonchev–Trinajstić information content (AvgIpc) is 2.75. The van der Waals surface area contributed by atoms with Gasteiger partial charge in [-0.3, -0.25) is 4.98 Å². The maximum Gasteiger partial charge on any atom is 0.0270 e. The van der Waals surface area contributed by atoms with Crippen molar-refractivity contribution in [1.29, 1.82) is 0 Å². The van der Waals surface area contributed by atoms with E-state index in [4.69, 9.17) is 0 Å². The molecule has 2 fully saturated rings. The van der Waals surface area contributed by atoms with Crippen molar-refractivity contribution in [2.75, 3.05) is 26.2 Å². The standard InChI is InChI=1S/C13H19N3/c1-5-14-6-2-11(1)12-9-16-10-13(12)3-7-15-8-4-13/h1-2,5-6,12,15-16H,3-4,7-10H2. The van der Waals surface area contributed by atoms with Gasteiger partial charge in [-0.2, -0.15) is 0 Å². The fourth-order valence-corrected chi connectivity index (χ4v) is 3.32. The number of hydrogen-bond acceptors (Lipinski definition) is 3. The van der Waals surface area contributed by atoms with Crippen molar-refractivity contribution >= 4 is 0 Å². The number of nitrogens with zero attached hydrogens (tertiary/aromatic N) is 1. The van der Waals surface area contributed by atoms with Crippen LogP contribution in [0.15, 0.2) is 24.5 Å². The molecule has 0 aromatic carbocycles. The van der Waals surface area contributed by atoms with Gasteiger partial charge in [-0.1, -0.05) is 0 Å². The Bertz CT molecular complexity index is 343. The van der Waals surface area contributed by atoms with Gasteiger partial charge in [0.05, 0.1) is 0 Å². The van der Waals surface area contributed by atoms with Crippen molar-refractivity contribution in [3.05, 3.63) is 30.1 Å². The first-order valence-corrected chi connectivity index (χ1v) is 6.22. The van der Waals surface area contributed by atoms with Crippen LogP contribution < -0.4 is 10.6 Å². The van der Waals surface area contributed by atoms with Crippen LogP contribution >= 0.6 is 0 Å². The van der Waals surface area contributed by atoms with Crippen molar-refractivity contribution < 1.29 is 0 Å². The molecule has 86 valence electrons. The van der Waals surface area contributed by atoms with Gasteiger partial charge in [-0.05, 0) is 49.0 Å². The van der Waals surface area contributed by atoms with Gasteiger partial charge < -0.3 is 10.6 Å². The number of pyridine rings is 1. The number of rotatable bonds is 1. The third-order valence-corrected chi connectivity index (χ3v) is 4.27. The van der Waals surface area contributed by atoms with Crippen LogP contribution in [0.5, 0.6) is 0 Å². The zero-order chi connectivity index (χ0) is 10.8. The molecule has 0 radical (unpaired) electrons. The summed E-state index contributed by atoms with van der Waals surface area (Å²) in [6, 6.07) is 4.36. The van der Waals surface area contributed by atoms with Crippen LogP contribution in [0, 0.1) is 5.41 Å². The third-order valence-electron chi connectivity index (χ3n) is 4.27. The molecule has 2 N–H and O–H groups in total. The molecule has 0 bridgehead atoms. The van der Waals surface area contributed by atoms with Crippen LogP contribution in [-0.2, 0) is 0 Å². The smallest absolute Gasteiger partial charge is 0.0270 e. The molecule has 2 saturated heterocycles. The van der Waals surface area contributed by atoms with Crippen LogP contribution in [0.3, 0.4) is 0 Å². The van der Waals surface area contributed by atoms with Gasteiger partial charge in [0.1, 0.15) is 0 Å². The molecule has 3 heterocycles. The summed E-state index contributed by atoms with van der Waals surface area (Å²) in [6.45, 7) is 4.65. The van der Waals surface area contributed by atoms with E-state index >= 15 is 0 Å². The Balaban J connectivity index is 1.89. The molecular weight excluding hydrogens is 198 g/mol. The molecule has 0 amide bonds. The maximum atomic E-state index is 4.12. The summed E-state index contributed by atoms with van der Waals surface area (Å²) >= 11 is 0. The third kappa shape index (κ3) is 1.64. The first-order chi connectivity index (χ1) is 7.91. The van der Waals surface area contributed by atoms with E-state index < -0.39 is 0 Å². The summed E-state index contributed by atoms with van der Waals surface area (Å²) in [6.07, 6.45) is 6.44. The highest BCUT2D eigenvalue weighted by atomic mass is 15.0. The van der Waals surface area contributed by atoms with Gasteiger partial charge in [-0.15, -0.1) is 0 Å². The molecule has 2 aliphatic rings. The SMILES string of the molecule is c1cc(C2CNCC23CCNCC3)ccn1. The molecule has 2 aliphatic heterocycles. The van der Waals surface area contributed by atoms with Gasteiger partial charge in [0.2, 0.25) is 0 Å². The minimum absolute atomic E-state index is 0.493. The molecular formula is C13H19N3. The summed E-state index contributed by atoms with van der Waals surface area (Å²) in [7, 11) is 0. The number of hydrogen-bond donors (Lipinski definition) is 2. The number of piperidine rings is 1. The summed E-state index contributed by atoms with van der Waals surface area (Å²) in [4.78, 5) is 4.12. The lowest BCUT2D eigenvalue weighted by atomic mass is 9.69. The molecule has 3 rings (SSSR count). The van der Waals surface area contributed by atoms with E-state index in [0.29, 0.717) is 11.3 Å². The molecule has 1 atom stereocenters. The minimum atomic E-state index is 0.493. The zero-order valence-corrected chi connectivity index (χ0v) is 9.58. The predicted octanol–water partition coefficient (Wildman–Crippen LogP) is 1.14. The quantitative estimate of drug-likeness (QED) is 0.740. The van der Waals surface area contributed by atoms with Gasteiger partial charge in [0.15, 0.2) is 0 Å². The summed E-state index contributed by atoms with van der Waals surface area (Å²) in [5.41, 5.74) is 1.95. The largest absolute Gasteiger partial charge is 0.317 e. The lowest BCUT2D eigenvalue weighted by Crippen LogP contribution is -2.41. The van der Waals surface area contributed by atoms with Crippen molar-refractivity contribution in [2.24, 2.45) is 5.41 Å². The molecule has 1 spiro atoms. The van der Waals surface area contributed by atoms with Crippen molar-refractivity contribution in [2.45, 2.75) is 18.8 Å². The highest BCUT2D eigenvalue weighted by Crippen LogP contribution is 2.45. The average molecular weight is 217 g/mol. The predicted molar refractivity (Wildman–Crippen MR) is 64.4 cm³/mol. The van der Waals surface area contributed by atoms with Crippen molar-refractivity contribution in [1.82, 2.24) is 15.6 Å². The molecule has 3 nitrogen and oxygen atoms in total. The number of nitrogens with one attached hydrogen (secondary N) is 2. The van der Waals surface area contributed by atoms with Gasteiger partial charge in [0, 0.05) is 31.4 Å². The Labute approximate surface area is 96.7 Å². The molecule has 0 saturated carbocycles. The van der Waals surface area contributed by atoms with E-state index in [0.717, 1.165) is 6.54 Å². The molecule has 1 aromatic heterocycles. The monoisotopic (exact) mass is 217 g/mol. The van der Waals surface area contributed by atoms with E-state index in [1.807, 2.05) is 12.4 Å². The highest BCUT2D eigenvalue weighted by molar-refractivity contribution is 5.23. The van der Waals surface area contributed by atoms with Gasteiger partial charge >= 0.3 is 0 Å². The molecule has 3 heteroatoms. The Morgan fingerprint density at radius 3 is 2.62 bits per heavy atom. The Kier molecular flexibility index (Phi) is 2.65. The Morgan fingerprint density at radius 1 is 1.12 bits per heavy atom. The van der Waals surface area contributed by atoms with Gasteiger partial charge in [-0.25, -0.2) is 0 Å². The second kappa shape index (κ2) is 4.15. The van der Waals surface area contributed by atoms with Gasteiger partial charge in [0.25, 0.3) is 0 Å². The molecule has 16 heavy (non-hydrogen) atoms. The second-order valence-electron chi connectivity index (χ2n) is 5.08. The van der Waals surface area contributed by atoms with Crippen LogP contribution in [0.2, 0.25) is 0 Å². The Morgan fingerprint density at radius 2 is 1.88 bits per heavy atom. The Hall–Kier alpha value is -0.930. The summed E-state index contributed by atoms with van der Waals surface area (Å²) in [5, 5.41) is 7.05. The van der Waals surface area contributed by atoms with Crippen LogP contribution in [0.1, 0.15) is 24.3 Å². The van der Waals surface area contributed by atoms with Crippen molar-refractivity contribution in [3.8, 4) is 0 Å².